The molecule has 0 bridgehead atoms. The molecule has 0 aliphatic heterocycles. The standard InChI is InChI=1S/C13H13N3O3S/c1-20(17,18)10-4-2-3-9(7-10)19-12-8-16-6-5-11(12)13(14)15/h2-8H,1H3,(H3,14,15). The number of pyridine rings is 1. The van der Waals surface area contributed by atoms with E-state index in [9.17, 15) is 8.42 Å². The molecule has 6 nitrogen and oxygen atoms in total. The van der Waals surface area contributed by atoms with Gasteiger partial charge in [0, 0.05) is 12.5 Å². The van der Waals surface area contributed by atoms with E-state index in [0.29, 0.717) is 17.1 Å². The van der Waals surface area contributed by atoms with Crippen molar-refractivity contribution in [2.75, 3.05) is 6.26 Å². The van der Waals surface area contributed by atoms with Crippen molar-refractivity contribution in [1.29, 1.82) is 5.41 Å². The minimum atomic E-state index is -3.31. The van der Waals surface area contributed by atoms with Crippen LogP contribution in [0.1, 0.15) is 5.56 Å². The minimum absolute atomic E-state index is 0.151. The largest absolute Gasteiger partial charge is 0.455 e. The first kappa shape index (κ1) is 14.0. The van der Waals surface area contributed by atoms with Crippen LogP contribution in [0.15, 0.2) is 47.6 Å². The number of hydrogen-bond donors (Lipinski definition) is 2. The van der Waals surface area contributed by atoms with Gasteiger partial charge in [-0.25, -0.2) is 8.42 Å². The van der Waals surface area contributed by atoms with E-state index in [1.807, 2.05) is 0 Å². The lowest BCUT2D eigenvalue weighted by Gasteiger charge is -2.10. The number of nitrogens with two attached hydrogens (primary N) is 1. The van der Waals surface area contributed by atoms with Crippen molar-refractivity contribution in [1.82, 2.24) is 4.98 Å². The zero-order valence-electron chi connectivity index (χ0n) is 10.7. The zero-order valence-corrected chi connectivity index (χ0v) is 11.5. The number of nitrogens with zero attached hydrogens (tertiary/aromatic N) is 1. The number of sulfone groups is 1. The quantitative estimate of drug-likeness (QED) is 0.656. The third-order valence-electron chi connectivity index (χ3n) is 2.54. The Morgan fingerprint density at radius 1 is 1.35 bits per heavy atom. The molecule has 0 atom stereocenters. The molecule has 0 unspecified atom stereocenters. The molecule has 0 aliphatic carbocycles. The van der Waals surface area contributed by atoms with Gasteiger partial charge in [0.2, 0.25) is 0 Å². The van der Waals surface area contributed by atoms with E-state index < -0.39 is 9.84 Å². The second-order valence-electron chi connectivity index (χ2n) is 4.13. The van der Waals surface area contributed by atoms with E-state index in [1.54, 1.807) is 18.2 Å². The Balaban J connectivity index is 2.39. The maximum absolute atomic E-state index is 11.5. The number of rotatable bonds is 4. The summed E-state index contributed by atoms with van der Waals surface area (Å²) in [6, 6.07) is 7.64. The topological polar surface area (TPSA) is 106 Å². The van der Waals surface area contributed by atoms with Gasteiger partial charge >= 0.3 is 0 Å². The molecular weight excluding hydrogens is 278 g/mol. The molecule has 3 N–H and O–H groups in total. The molecule has 20 heavy (non-hydrogen) atoms. The summed E-state index contributed by atoms with van der Waals surface area (Å²) in [5, 5.41) is 7.46. The SMILES string of the molecule is CS(=O)(=O)c1cccc(Oc2cnccc2C(=N)N)c1. The molecule has 0 saturated carbocycles. The Morgan fingerprint density at radius 2 is 2.10 bits per heavy atom. The lowest BCUT2D eigenvalue weighted by Crippen LogP contribution is -2.12. The second-order valence-corrected chi connectivity index (χ2v) is 6.15. The van der Waals surface area contributed by atoms with Crippen molar-refractivity contribution in [3.05, 3.63) is 48.3 Å². The highest BCUT2D eigenvalue weighted by Gasteiger charge is 2.11. The van der Waals surface area contributed by atoms with Gasteiger partial charge in [-0.05, 0) is 24.3 Å². The fourth-order valence-electron chi connectivity index (χ4n) is 1.58. The Kier molecular flexibility index (Phi) is 3.71. The summed E-state index contributed by atoms with van der Waals surface area (Å²) in [6.07, 6.45) is 4.04. The third kappa shape index (κ3) is 3.12. The maximum atomic E-state index is 11.5. The van der Waals surface area contributed by atoms with E-state index in [0.717, 1.165) is 6.26 Å². The molecule has 1 heterocycles. The number of nitrogen functional groups attached to an aromatic ring is 1. The predicted octanol–water partition coefficient (Wildman–Crippen LogP) is 1.56. The summed E-state index contributed by atoms with van der Waals surface area (Å²) in [4.78, 5) is 4.06. The fourth-order valence-corrected chi connectivity index (χ4v) is 2.24. The van der Waals surface area contributed by atoms with Crippen molar-refractivity contribution >= 4 is 15.7 Å². The average molecular weight is 291 g/mol. The van der Waals surface area contributed by atoms with Crippen molar-refractivity contribution in [3.8, 4) is 11.5 Å². The minimum Gasteiger partial charge on any atom is -0.455 e. The monoisotopic (exact) mass is 291 g/mol. The van der Waals surface area contributed by atoms with Gasteiger partial charge in [0.1, 0.15) is 11.6 Å². The summed E-state index contributed by atoms with van der Waals surface area (Å²) in [7, 11) is -3.31. The summed E-state index contributed by atoms with van der Waals surface area (Å²) < 4.78 is 28.5. The van der Waals surface area contributed by atoms with Crippen LogP contribution in [0, 0.1) is 5.41 Å². The number of aromatic nitrogens is 1. The molecular formula is C13H13N3O3S. The van der Waals surface area contributed by atoms with Crippen molar-refractivity contribution in [3.63, 3.8) is 0 Å². The van der Waals surface area contributed by atoms with Crippen LogP contribution in [-0.4, -0.2) is 25.5 Å². The van der Waals surface area contributed by atoms with Crippen LogP contribution in [0.5, 0.6) is 11.5 Å². The van der Waals surface area contributed by atoms with Crippen LogP contribution in [-0.2, 0) is 9.84 Å². The van der Waals surface area contributed by atoms with Gasteiger partial charge < -0.3 is 10.5 Å². The Labute approximate surface area is 116 Å². The first-order valence-electron chi connectivity index (χ1n) is 5.64. The highest BCUT2D eigenvalue weighted by atomic mass is 32.2. The summed E-state index contributed by atoms with van der Waals surface area (Å²) in [5.74, 6) is 0.482. The summed E-state index contributed by atoms with van der Waals surface area (Å²) in [6.45, 7) is 0. The highest BCUT2D eigenvalue weighted by Crippen LogP contribution is 2.26. The molecule has 0 aliphatic rings. The summed E-state index contributed by atoms with van der Waals surface area (Å²) in [5.41, 5.74) is 5.84. The molecule has 1 aromatic heterocycles. The smallest absolute Gasteiger partial charge is 0.175 e. The average Bonchev–Trinajstić information content (AvgIpc) is 2.38. The van der Waals surface area contributed by atoms with E-state index in [-0.39, 0.29) is 10.7 Å². The second kappa shape index (κ2) is 5.30. The number of ether oxygens (including phenoxy) is 1. The summed E-state index contributed by atoms with van der Waals surface area (Å²) >= 11 is 0. The van der Waals surface area contributed by atoms with E-state index >= 15 is 0 Å². The van der Waals surface area contributed by atoms with Crippen LogP contribution < -0.4 is 10.5 Å². The van der Waals surface area contributed by atoms with Crippen LogP contribution in [0.2, 0.25) is 0 Å². The van der Waals surface area contributed by atoms with Gasteiger partial charge in [0.25, 0.3) is 0 Å². The fraction of sp³-hybridized carbons (Fsp3) is 0.0769. The molecule has 2 rings (SSSR count). The molecule has 0 radical (unpaired) electrons. The van der Waals surface area contributed by atoms with Crippen LogP contribution in [0.25, 0.3) is 0 Å². The lowest BCUT2D eigenvalue weighted by atomic mass is 10.2. The normalized spacial score (nSPS) is 11.1. The molecule has 0 saturated heterocycles. The molecule has 7 heteroatoms. The van der Waals surface area contributed by atoms with Gasteiger partial charge in [-0.3, -0.25) is 10.4 Å². The number of hydrogen-bond acceptors (Lipinski definition) is 5. The molecule has 1 aromatic carbocycles. The first-order chi connectivity index (χ1) is 9.38. The van der Waals surface area contributed by atoms with Crippen molar-refractivity contribution in [2.24, 2.45) is 5.73 Å². The number of benzene rings is 1. The third-order valence-corrected chi connectivity index (χ3v) is 3.65. The van der Waals surface area contributed by atoms with Crippen LogP contribution >= 0.6 is 0 Å². The number of amidine groups is 1. The number of nitrogens with one attached hydrogen (secondary N) is 1. The first-order valence-corrected chi connectivity index (χ1v) is 7.53. The maximum Gasteiger partial charge on any atom is 0.175 e. The van der Waals surface area contributed by atoms with Gasteiger partial charge in [0.05, 0.1) is 16.7 Å². The van der Waals surface area contributed by atoms with E-state index in [4.69, 9.17) is 15.9 Å². The Morgan fingerprint density at radius 3 is 2.75 bits per heavy atom. The highest BCUT2D eigenvalue weighted by molar-refractivity contribution is 7.90. The van der Waals surface area contributed by atoms with Crippen molar-refractivity contribution < 1.29 is 13.2 Å². The van der Waals surface area contributed by atoms with Crippen molar-refractivity contribution in [2.45, 2.75) is 4.90 Å². The Bertz CT molecular complexity index is 757. The lowest BCUT2D eigenvalue weighted by molar-refractivity contribution is 0.477. The predicted molar refractivity (Wildman–Crippen MR) is 74.9 cm³/mol. The molecule has 0 spiro atoms. The molecule has 0 amide bonds. The van der Waals surface area contributed by atoms with Gasteiger partial charge in [-0.2, -0.15) is 0 Å². The molecule has 2 aromatic rings. The van der Waals surface area contributed by atoms with Gasteiger partial charge in [0.15, 0.2) is 15.6 Å². The molecule has 104 valence electrons. The van der Waals surface area contributed by atoms with E-state index in [1.165, 1.54) is 24.5 Å². The van der Waals surface area contributed by atoms with Gasteiger partial charge in [-0.1, -0.05) is 6.07 Å². The van der Waals surface area contributed by atoms with Crippen LogP contribution in [0.4, 0.5) is 0 Å². The van der Waals surface area contributed by atoms with Gasteiger partial charge in [-0.15, -0.1) is 0 Å². The van der Waals surface area contributed by atoms with Crippen LogP contribution in [0.3, 0.4) is 0 Å². The molecule has 0 fully saturated rings. The Hall–Kier alpha value is -2.41. The van der Waals surface area contributed by atoms with E-state index in [2.05, 4.69) is 4.98 Å². The zero-order chi connectivity index (χ0) is 14.8.